The maximum absolute atomic E-state index is 13.4. The first-order chi connectivity index (χ1) is 14.8. The molecule has 0 aliphatic heterocycles. The van der Waals surface area contributed by atoms with Gasteiger partial charge in [-0.05, 0) is 88.8 Å². The Labute approximate surface area is 189 Å². The molecule has 0 aromatic heterocycles. The quantitative estimate of drug-likeness (QED) is 0.383. The molecule has 0 fully saturated rings. The van der Waals surface area contributed by atoms with Gasteiger partial charge in [0.1, 0.15) is 12.3 Å². The SMILES string of the molecule is CCOc1ccc(N(CC(=O)NCCCN(C)C)S(=O)(=O)c2ccc(SC)cc2)cc1. The van der Waals surface area contributed by atoms with E-state index in [-0.39, 0.29) is 17.3 Å². The summed E-state index contributed by atoms with van der Waals surface area (Å²) in [6, 6.07) is 13.4. The number of anilines is 1. The molecule has 9 heteroatoms. The summed E-state index contributed by atoms with van der Waals surface area (Å²) in [5.41, 5.74) is 0.404. The zero-order chi connectivity index (χ0) is 22.9. The van der Waals surface area contributed by atoms with Crippen molar-refractivity contribution in [1.29, 1.82) is 0 Å². The fraction of sp³-hybridized carbons (Fsp3) is 0.409. The van der Waals surface area contributed by atoms with Crippen LogP contribution in [0.15, 0.2) is 58.3 Å². The fourth-order valence-electron chi connectivity index (χ4n) is 2.87. The molecule has 0 saturated carbocycles. The number of rotatable bonds is 12. The minimum absolute atomic E-state index is 0.139. The second-order valence-electron chi connectivity index (χ2n) is 7.12. The highest BCUT2D eigenvalue weighted by molar-refractivity contribution is 7.98. The van der Waals surface area contributed by atoms with Crippen molar-refractivity contribution in [2.45, 2.75) is 23.1 Å². The highest BCUT2D eigenvalue weighted by atomic mass is 32.2. The standard InChI is InChI=1S/C22H31N3O4S2/c1-5-29-19-9-7-18(8-10-19)25(17-22(26)23-15-6-16-24(2)3)31(27,28)21-13-11-20(30-4)12-14-21/h7-14H,5-6,15-17H2,1-4H3,(H,23,26). The lowest BCUT2D eigenvalue weighted by molar-refractivity contribution is -0.119. The number of nitrogens with zero attached hydrogens (tertiary/aromatic N) is 2. The number of carbonyl (C=O) groups excluding carboxylic acids is 1. The third kappa shape index (κ3) is 7.45. The third-order valence-corrected chi connectivity index (χ3v) is 7.01. The Morgan fingerprint density at radius 1 is 1.06 bits per heavy atom. The lowest BCUT2D eigenvalue weighted by Gasteiger charge is -2.24. The molecule has 0 saturated heterocycles. The van der Waals surface area contributed by atoms with Crippen molar-refractivity contribution >= 4 is 33.4 Å². The molecule has 0 bridgehead atoms. The second kappa shape index (κ2) is 12.0. The van der Waals surface area contributed by atoms with E-state index in [4.69, 9.17) is 4.74 Å². The average molecular weight is 466 g/mol. The summed E-state index contributed by atoms with van der Waals surface area (Å²) in [6.07, 6.45) is 2.71. The van der Waals surface area contributed by atoms with Crippen molar-refractivity contribution in [3.05, 3.63) is 48.5 Å². The van der Waals surface area contributed by atoms with E-state index in [0.29, 0.717) is 24.6 Å². The summed E-state index contributed by atoms with van der Waals surface area (Å²) in [5.74, 6) is 0.290. The Balaban J connectivity index is 2.27. The van der Waals surface area contributed by atoms with Gasteiger partial charge in [0.2, 0.25) is 5.91 Å². The topological polar surface area (TPSA) is 79.0 Å². The fourth-order valence-corrected chi connectivity index (χ4v) is 4.70. The predicted octanol–water partition coefficient (Wildman–Crippen LogP) is 3.07. The molecule has 0 radical (unpaired) electrons. The van der Waals surface area contributed by atoms with Crippen LogP contribution in [-0.4, -0.2) is 65.8 Å². The molecular weight excluding hydrogens is 434 g/mol. The highest BCUT2D eigenvalue weighted by Crippen LogP contribution is 2.27. The lowest BCUT2D eigenvalue weighted by atomic mass is 10.3. The van der Waals surface area contributed by atoms with Crippen LogP contribution >= 0.6 is 11.8 Å². The maximum atomic E-state index is 13.4. The van der Waals surface area contributed by atoms with Gasteiger partial charge in [0.25, 0.3) is 10.0 Å². The van der Waals surface area contributed by atoms with Crippen molar-refractivity contribution in [2.24, 2.45) is 0 Å². The van der Waals surface area contributed by atoms with E-state index >= 15 is 0 Å². The van der Waals surface area contributed by atoms with Crippen LogP contribution in [0, 0.1) is 0 Å². The first-order valence-corrected chi connectivity index (χ1v) is 12.8. The zero-order valence-corrected chi connectivity index (χ0v) is 20.1. The number of hydrogen-bond donors (Lipinski definition) is 1. The van der Waals surface area contributed by atoms with E-state index in [1.165, 1.54) is 11.8 Å². The second-order valence-corrected chi connectivity index (χ2v) is 9.86. The molecule has 170 valence electrons. The Morgan fingerprint density at radius 3 is 2.26 bits per heavy atom. The van der Waals surface area contributed by atoms with E-state index in [1.54, 1.807) is 48.5 Å². The van der Waals surface area contributed by atoms with Gasteiger partial charge in [-0.25, -0.2) is 8.42 Å². The van der Waals surface area contributed by atoms with E-state index in [0.717, 1.165) is 22.2 Å². The van der Waals surface area contributed by atoms with Crippen LogP contribution in [-0.2, 0) is 14.8 Å². The summed E-state index contributed by atoms with van der Waals surface area (Å²) in [6.45, 7) is 3.41. The molecule has 0 atom stereocenters. The first kappa shape index (κ1) is 25.0. The molecule has 0 spiro atoms. The summed E-state index contributed by atoms with van der Waals surface area (Å²) < 4.78 is 33.4. The molecule has 0 unspecified atom stereocenters. The van der Waals surface area contributed by atoms with Crippen molar-refractivity contribution in [2.75, 3.05) is 50.9 Å². The zero-order valence-electron chi connectivity index (χ0n) is 18.5. The minimum atomic E-state index is -3.93. The summed E-state index contributed by atoms with van der Waals surface area (Å²) in [4.78, 5) is 15.7. The molecule has 0 aliphatic rings. The van der Waals surface area contributed by atoms with Gasteiger partial charge in [-0.1, -0.05) is 0 Å². The molecule has 31 heavy (non-hydrogen) atoms. The Hall–Kier alpha value is -2.23. The summed E-state index contributed by atoms with van der Waals surface area (Å²) in [5, 5.41) is 2.81. The third-order valence-electron chi connectivity index (χ3n) is 4.47. The Kier molecular flexibility index (Phi) is 9.67. The van der Waals surface area contributed by atoms with Gasteiger partial charge in [0.15, 0.2) is 0 Å². The lowest BCUT2D eigenvalue weighted by Crippen LogP contribution is -2.41. The summed E-state index contributed by atoms with van der Waals surface area (Å²) in [7, 11) is -0.00381. The largest absolute Gasteiger partial charge is 0.494 e. The number of benzene rings is 2. The van der Waals surface area contributed by atoms with Crippen LogP contribution in [0.25, 0.3) is 0 Å². The molecular formula is C22H31N3O4S2. The van der Waals surface area contributed by atoms with Gasteiger partial charge in [0, 0.05) is 11.4 Å². The van der Waals surface area contributed by atoms with Gasteiger partial charge in [-0.15, -0.1) is 11.8 Å². The highest BCUT2D eigenvalue weighted by Gasteiger charge is 2.27. The van der Waals surface area contributed by atoms with Gasteiger partial charge in [-0.2, -0.15) is 0 Å². The number of nitrogens with one attached hydrogen (secondary N) is 1. The van der Waals surface area contributed by atoms with Crippen molar-refractivity contribution in [1.82, 2.24) is 10.2 Å². The van der Waals surface area contributed by atoms with E-state index in [1.807, 2.05) is 32.2 Å². The normalized spacial score (nSPS) is 11.4. The average Bonchev–Trinajstić information content (AvgIpc) is 2.76. The predicted molar refractivity (Wildman–Crippen MR) is 127 cm³/mol. The van der Waals surface area contributed by atoms with E-state index in [9.17, 15) is 13.2 Å². The molecule has 7 nitrogen and oxygen atoms in total. The van der Waals surface area contributed by atoms with Gasteiger partial charge in [-0.3, -0.25) is 9.10 Å². The van der Waals surface area contributed by atoms with Crippen LogP contribution < -0.4 is 14.4 Å². The molecule has 2 rings (SSSR count). The molecule has 0 heterocycles. The number of hydrogen-bond acceptors (Lipinski definition) is 6. The summed E-state index contributed by atoms with van der Waals surface area (Å²) >= 11 is 1.53. The van der Waals surface area contributed by atoms with Crippen LogP contribution in [0.5, 0.6) is 5.75 Å². The van der Waals surface area contributed by atoms with E-state index in [2.05, 4.69) is 5.32 Å². The smallest absolute Gasteiger partial charge is 0.264 e. The van der Waals surface area contributed by atoms with Crippen molar-refractivity contribution in [3.63, 3.8) is 0 Å². The molecule has 0 aliphatic carbocycles. The van der Waals surface area contributed by atoms with Crippen LogP contribution in [0.3, 0.4) is 0 Å². The monoisotopic (exact) mass is 465 g/mol. The molecule has 2 aromatic rings. The van der Waals surface area contributed by atoms with Crippen LogP contribution in [0.2, 0.25) is 0 Å². The Bertz CT molecular complexity index is 930. The number of sulfonamides is 1. The number of ether oxygens (including phenoxy) is 1. The Morgan fingerprint density at radius 2 is 1.71 bits per heavy atom. The van der Waals surface area contributed by atoms with Crippen molar-refractivity contribution < 1.29 is 17.9 Å². The first-order valence-electron chi connectivity index (χ1n) is 10.1. The molecule has 1 N–H and O–H groups in total. The van der Waals surface area contributed by atoms with Crippen LogP contribution in [0.1, 0.15) is 13.3 Å². The van der Waals surface area contributed by atoms with Crippen molar-refractivity contribution in [3.8, 4) is 5.75 Å². The number of carbonyl (C=O) groups is 1. The minimum Gasteiger partial charge on any atom is -0.494 e. The van der Waals surface area contributed by atoms with Gasteiger partial charge >= 0.3 is 0 Å². The molecule has 1 amide bonds. The maximum Gasteiger partial charge on any atom is 0.264 e. The number of thioether (sulfide) groups is 1. The van der Waals surface area contributed by atoms with Crippen LogP contribution in [0.4, 0.5) is 5.69 Å². The van der Waals surface area contributed by atoms with E-state index < -0.39 is 10.0 Å². The molecule has 2 aromatic carbocycles. The van der Waals surface area contributed by atoms with Gasteiger partial charge in [0.05, 0.1) is 17.2 Å². The van der Waals surface area contributed by atoms with Gasteiger partial charge < -0.3 is 15.0 Å². The number of amides is 1.